The summed E-state index contributed by atoms with van der Waals surface area (Å²) in [4.78, 5) is 12.4. The lowest BCUT2D eigenvalue weighted by molar-refractivity contribution is -0.127. The molecule has 2 heteroatoms. The minimum absolute atomic E-state index is 0.00542. The second kappa shape index (κ2) is 4.41. The van der Waals surface area contributed by atoms with E-state index in [1.54, 1.807) is 6.08 Å². The third kappa shape index (κ3) is 1.89. The van der Waals surface area contributed by atoms with Crippen molar-refractivity contribution in [3.05, 3.63) is 24.8 Å². The van der Waals surface area contributed by atoms with Crippen LogP contribution in [0.2, 0.25) is 0 Å². The Bertz CT molecular complexity index is 356. The molecule has 5 unspecified atom stereocenters. The van der Waals surface area contributed by atoms with E-state index in [0.29, 0.717) is 17.6 Å². The molecule has 0 aromatic rings. The summed E-state index contributed by atoms with van der Waals surface area (Å²) in [5, 5.41) is 0. The fourth-order valence-corrected chi connectivity index (χ4v) is 3.31. The molecule has 1 saturated carbocycles. The molecule has 1 saturated heterocycles. The molecule has 0 radical (unpaired) electrons. The van der Waals surface area contributed by atoms with Crippen LogP contribution in [-0.2, 0) is 9.53 Å². The minimum Gasteiger partial charge on any atom is -0.366 e. The average Bonchev–Trinajstić information content (AvgIpc) is 2.62. The molecule has 0 aromatic heterocycles. The quantitative estimate of drug-likeness (QED) is 0.687. The first kappa shape index (κ1) is 12.6. The van der Waals surface area contributed by atoms with E-state index in [1.165, 1.54) is 0 Å². The van der Waals surface area contributed by atoms with Crippen molar-refractivity contribution in [3.63, 3.8) is 0 Å². The highest BCUT2D eigenvalue weighted by molar-refractivity contribution is 5.89. The van der Waals surface area contributed by atoms with Crippen molar-refractivity contribution in [1.29, 1.82) is 0 Å². The number of carbonyl (C=O) groups excluding carboxylic acids is 1. The molecule has 0 bridgehead atoms. The third-order valence-corrected chi connectivity index (χ3v) is 4.37. The topological polar surface area (TPSA) is 26.3 Å². The lowest BCUT2D eigenvalue weighted by atomic mass is 9.80. The van der Waals surface area contributed by atoms with Gasteiger partial charge >= 0.3 is 0 Å². The summed E-state index contributed by atoms with van der Waals surface area (Å²) in [5.41, 5.74) is 0.913. The molecule has 1 heterocycles. The van der Waals surface area contributed by atoms with Crippen LogP contribution in [0.15, 0.2) is 24.8 Å². The smallest absolute Gasteiger partial charge is 0.143 e. The van der Waals surface area contributed by atoms with Crippen molar-refractivity contribution in [1.82, 2.24) is 0 Å². The normalized spacial score (nSPS) is 41.8. The van der Waals surface area contributed by atoms with E-state index in [2.05, 4.69) is 33.9 Å². The van der Waals surface area contributed by atoms with Crippen molar-refractivity contribution in [2.45, 2.75) is 39.4 Å². The number of ketones is 1. The van der Waals surface area contributed by atoms with Crippen LogP contribution in [0.3, 0.4) is 0 Å². The van der Waals surface area contributed by atoms with E-state index in [1.807, 2.05) is 0 Å². The zero-order valence-electron chi connectivity index (χ0n) is 11.0. The monoisotopic (exact) mass is 234 g/mol. The second-order valence-electron chi connectivity index (χ2n) is 5.70. The Morgan fingerprint density at radius 1 is 1.47 bits per heavy atom. The fourth-order valence-electron chi connectivity index (χ4n) is 3.31. The van der Waals surface area contributed by atoms with Crippen LogP contribution in [0.5, 0.6) is 0 Å². The highest BCUT2D eigenvalue weighted by Crippen LogP contribution is 2.47. The van der Waals surface area contributed by atoms with Gasteiger partial charge in [-0.25, -0.2) is 0 Å². The number of hydrogen-bond donors (Lipinski definition) is 0. The standard InChI is InChI=1S/C15H22O2/c1-6-13-9(4)14-12(10(5)17-13)7-11(8(2)3)15(14)16/h6,8,10-14H,1,4,7H2,2-3,5H3. The predicted octanol–water partition coefficient (Wildman–Crippen LogP) is 2.99. The molecule has 0 amide bonds. The maximum atomic E-state index is 12.4. The molecular weight excluding hydrogens is 212 g/mol. The summed E-state index contributed by atoms with van der Waals surface area (Å²) in [6.07, 6.45) is 2.68. The van der Waals surface area contributed by atoms with Gasteiger partial charge in [0.15, 0.2) is 0 Å². The Morgan fingerprint density at radius 3 is 2.65 bits per heavy atom. The Kier molecular flexibility index (Phi) is 3.26. The van der Waals surface area contributed by atoms with Crippen LogP contribution < -0.4 is 0 Å². The Morgan fingerprint density at radius 2 is 2.12 bits per heavy atom. The zero-order chi connectivity index (χ0) is 12.7. The first-order valence-electron chi connectivity index (χ1n) is 6.47. The number of fused-ring (bicyclic) bond motifs is 1. The summed E-state index contributed by atoms with van der Waals surface area (Å²) in [6, 6.07) is 0. The van der Waals surface area contributed by atoms with Gasteiger partial charge in [-0.05, 0) is 30.8 Å². The molecule has 2 rings (SSSR count). The van der Waals surface area contributed by atoms with Gasteiger partial charge in [-0.15, -0.1) is 6.58 Å². The maximum Gasteiger partial charge on any atom is 0.143 e. The Balaban J connectivity index is 2.29. The van der Waals surface area contributed by atoms with E-state index in [9.17, 15) is 4.79 Å². The van der Waals surface area contributed by atoms with Crippen molar-refractivity contribution >= 4 is 5.78 Å². The molecule has 17 heavy (non-hydrogen) atoms. The van der Waals surface area contributed by atoms with Crippen molar-refractivity contribution in [2.75, 3.05) is 0 Å². The number of rotatable bonds is 2. The van der Waals surface area contributed by atoms with Crippen LogP contribution in [0.4, 0.5) is 0 Å². The van der Waals surface area contributed by atoms with E-state index in [0.717, 1.165) is 12.0 Å². The molecule has 1 aliphatic heterocycles. The van der Waals surface area contributed by atoms with Gasteiger partial charge in [0.05, 0.1) is 12.2 Å². The predicted molar refractivity (Wildman–Crippen MR) is 68.6 cm³/mol. The molecule has 2 aliphatic rings. The number of ether oxygens (including phenoxy) is 1. The molecule has 94 valence electrons. The van der Waals surface area contributed by atoms with Gasteiger partial charge in [-0.3, -0.25) is 4.79 Å². The van der Waals surface area contributed by atoms with Crippen molar-refractivity contribution < 1.29 is 9.53 Å². The lowest BCUT2D eigenvalue weighted by Crippen LogP contribution is -2.40. The van der Waals surface area contributed by atoms with Gasteiger partial charge in [0.1, 0.15) is 5.78 Å². The van der Waals surface area contributed by atoms with E-state index in [-0.39, 0.29) is 24.0 Å². The summed E-state index contributed by atoms with van der Waals surface area (Å²) in [7, 11) is 0. The minimum atomic E-state index is -0.152. The van der Waals surface area contributed by atoms with Crippen LogP contribution in [0.25, 0.3) is 0 Å². The van der Waals surface area contributed by atoms with Crippen LogP contribution in [0.1, 0.15) is 27.2 Å². The van der Waals surface area contributed by atoms with Gasteiger partial charge in [0.2, 0.25) is 0 Å². The Hall–Kier alpha value is -0.890. The SMILES string of the molecule is C=CC1OC(C)C2CC(C(C)C)C(=O)C2C1=C. The lowest BCUT2D eigenvalue weighted by Gasteiger charge is -2.37. The van der Waals surface area contributed by atoms with Crippen LogP contribution in [0, 0.1) is 23.7 Å². The molecule has 1 aliphatic carbocycles. The highest BCUT2D eigenvalue weighted by atomic mass is 16.5. The number of hydrogen-bond acceptors (Lipinski definition) is 2. The first-order chi connectivity index (χ1) is 7.97. The largest absolute Gasteiger partial charge is 0.366 e. The zero-order valence-corrected chi connectivity index (χ0v) is 11.0. The van der Waals surface area contributed by atoms with Crippen molar-refractivity contribution in [3.8, 4) is 0 Å². The molecule has 2 fully saturated rings. The molecule has 0 aromatic carbocycles. The summed E-state index contributed by atoms with van der Waals surface area (Å²) >= 11 is 0. The molecule has 2 nitrogen and oxygen atoms in total. The van der Waals surface area contributed by atoms with Gasteiger partial charge in [-0.1, -0.05) is 26.5 Å². The van der Waals surface area contributed by atoms with Gasteiger partial charge in [-0.2, -0.15) is 0 Å². The molecule has 0 spiro atoms. The van der Waals surface area contributed by atoms with Crippen LogP contribution >= 0.6 is 0 Å². The van der Waals surface area contributed by atoms with Gasteiger partial charge in [0, 0.05) is 11.8 Å². The fraction of sp³-hybridized carbons (Fsp3) is 0.667. The summed E-state index contributed by atoms with van der Waals surface area (Å²) < 4.78 is 5.87. The Labute approximate surface area is 104 Å². The van der Waals surface area contributed by atoms with Crippen LogP contribution in [-0.4, -0.2) is 18.0 Å². The maximum absolute atomic E-state index is 12.4. The molecule has 5 atom stereocenters. The average molecular weight is 234 g/mol. The van der Waals surface area contributed by atoms with E-state index in [4.69, 9.17) is 4.74 Å². The first-order valence-corrected chi connectivity index (χ1v) is 6.47. The van der Waals surface area contributed by atoms with E-state index >= 15 is 0 Å². The number of carbonyl (C=O) groups is 1. The summed E-state index contributed by atoms with van der Waals surface area (Å²) in [5.74, 6) is 1.27. The molecule has 0 N–H and O–H groups in total. The van der Waals surface area contributed by atoms with Gasteiger partial charge in [0.25, 0.3) is 0 Å². The second-order valence-corrected chi connectivity index (χ2v) is 5.70. The molecular formula is C15H22O2. The van der Waals surface area contributed by atoms with E-state index < -0.39 is 0 Å². The van der Waals surface area contributed by atoms with Crippen molar-refractivity contribution in [2.24, 2.45) is 23.7 Å². The highest BCUT2D eigenvalue weighted by Gasteiger charge is 2.50. The van der Waals surface area contributed by atoms with Gasteiger partial charge < -0.3 is 4.74 Å². The number of Topliss-reactive ketones (excluding diaryl/α,β-unsaturated/α-hetero) is 1. The third-order valence-electron chi connectivity index (χ3n) is 4.37. The summed E-state index contributed by atoms with van der Waals surface area (Å²) in [6.45, 7) is 14.2.